The number of hydrogen-bond acceptors (Lipinski definition) is 7. The number of nitrogens with zero attached hydrogens (tertiary/aromatic N) is 6. The number of aromatic nitrogens is 3. The Morgan fingerprint density at radius 2 is 1.76 bits per heavy atom. The highest BCUT2D eigenvalue weighted by molar-refractivity contribution is 6.09. The third kappa shape index (κ3) is 5.86. The van der Waals surface area contributed by atoms with Crippen LogP contribution in [-0.4, -0.2) is 52.3 Å². The van der Waals surface area contributed by atoms with Gasteiger partial charge in [-0.2, -0.15) is 10.4 Å². The molecule has 1 saturated heterocycles. The van der Waals surface area contributed by atoms with Gasteiger partial charge in [-0.15, -0.1) is 0 Å². The summed E-state index contributed by atoms with van der Waals surface area (Å²) in [7, 11) is 3.80. The van der Waals surface area contributed by atoms with Crippen LogP contribution in [-0.2, 0) is 18.9 Å². The number of amides is 1. The van der Waals surface area contributed by atoms with Gasteiger partial charge in [0.1, 0.15) is 11.5 Å². The van der Waals surface area contributed by atoms with Crippen LogP contribution >= 0.6 is 0 Å². The second kappa shape index (κ2) is 11.9. The topological polar surface area (TPSA) is 107 Å². The van der Waals surface area contributed by atoms with Crippen molar-refractivity contribution in [3.63, 3.8) is 0 Å². The SMILES string of the molecule is Cc1c(-c2cc(Nc3ccc(C4CCN(C)CC4)cn3)c(=O)n(C)n2)cccc1N1CCc2cc(C(C)(C)C#N)ccc2C1=O. The number of hydrogen-bond donors (Lipinski definition) is 1. The zero-order valence-corrected chi connectivity index (χ0v) is 26.6. The fourth-order valence-corrected chi connectivity index (χ4v) is 6.40. The molecule has 0 atom stereocenters. The first-order valence-corrected chi connectivity index (χ1v) is 15.5. The van der Waals surface area contributed by atoms with Crippen LogP contribution in [0.15, 0.2) is 65.6 Å². The maximum atomic E-state index is 13.7. The summed E-state index contributed by atoms with van der Waals surface area (Å²) in [5.41, 5.74) is 6.43. The van der Waals surface area contributed by atoms with E-state index in [2.05, 4.69) is 39.5 Å². The van der Waals surface area contributed by atoms with E-state index in [0.29, 0.717) is 41.6 Å². The number of anilines is 3. The Kier molecular flexibility index (Phi) is 8.02. The average Bonchev–Trinajstić information content (AvgIpc) is 3.04. The molecule has 1 fully saturated rings. The van der Waals surface area contributed by atoms with E-state index in [0.717, 1.165) is 53.9 Å². The van der Waals surface area contributed by atoms with Crippen LogP contribution in [0.4, 0.5) is 17.2 Å². The fraction of sp³-hybridized carbons (Fsp3) is 0.361. The molecule has 0 unspecified atom stereocenters. The number of nitrogens with one attached hydrogen (secondary N) is 1. The molecule has 0 radical (unpaired) electrons. The quantitative estimate of drug-likeness (QED) is 0.302. The first-order valence-electron chi connectivity index (χ1n) is 15.5. The van der Waals surface area contributed by atoms with E-state index in [4.69, 9.17) is 0 Å². The molecule has 0 spiro atoms. The summed E-state index contributed by atoms with van der Waals surface area (Å²) < 4.78 is 1.33. The summed E-state index contributed by atoms with van der Waals surface area (Å²) in [5.74, 6) is 1.04. The van der Waals surface area contributed by atoms with Gasteiger partial charge in [-0.3, -0.25) is 9.59 Å². The number of aryl methyl sites for hydroxylation is 1. The second-order valence-corrected chi connectivity index (χ2v) is 12.8. The highest BCUT2D eigenvalue weighted by Gasteiger charge is 2.29. The van der Waals surface area contributed by atoms with Crippen molar-refractivity contribution in [2.75, 3.05) is 36.9 Å². The monoisotopic (exact) mass is 601 g/mol. The summed E-state index contributed by atoms with van der Waals surface area (Å²) in [4.78, 5) is 35.6. The lowest BCUT2D eigenvalue weighted by atomic mass is 9.83. The Hall–Kier alpha value is -4.81. The summed E-state index contributed by atoms with van der Waals surface area (Å²) >= 11 is 0. The molecule has 2 aliphatic rings. The van der Waals surface area contributed by atoms with Gasteiger partial charge >= 0.3 is 0 Å². The Balaban J connectivity index is 1.26. The van der Waals surface area contributed by atoms with Crippen molar-refractivity contribution < 1.29 is 4.79 Å². The van der Waals surface area contributed by atoms with Crippen LogP contribution in [0.5, 0.6) is 0 Å². The van der Waals surface area contributed by atoms with Gasteiger partial charge in [0.15, 0.2) is 0 Å². The van der Waals surface area contributed by atoms with E-state index in [1.54, 1.807) is 13.1 Å². The molecule has 2 aromatic heterocycles. The number of carbonyl (C=O) groups excluding carboxylic acids is 1. The van der Waals surface area contributed by atoms with Gasteiger partial charge in [0.05, 0.1) is 17.2 Å². The van der Waals surface area contributed by atoms with E-state index in [9.17, 15) is 14.9 Å². The molecule has 0 aliphatic carbocycles. The van der Waals surface area contributed by atoms with Crippen LogP contribution < -0.4 is 15.8 Å². The third-order valence-electron chi connectivity index (χ3n) is 9.36. The Bertz CT molecular complexity index is 1860. The van der Waals surface area contributed by atoms with Crippen LogP contribution in [0.2, 0.25) is 0 Å². The molecule has 45 heavy (non-hydrogen) atoms. The standard InChI is InChI=1S/C36H39N7O2/c1-23-28(7-6-8-32(23)43-18-15-25-19-27(36(2,3)22-37)10-11-29(25)34(43)44)30-20-31(35(45)42(5)40-30)39-33-12-9-26(21-38-33)24-13-16-41(4)17-14-24/h6-12,19-21,24H,13-18H2,1-5H3,(H,38,39). The molecule has 9 heteroatoms. The summed E-state index contributed by atoms with van der Waals surface area (Å²) in [6, 6.07) is 19.7. The molecule has 4 heterocycles. The van der Waals surface area contributed by atoms with Crippen molar-refractivity contribution in [3.05, 3.63) is 99.0 Å². The third-order valence-corrected chi connectivity index (χ3v) is 9.36. The van der Waals surface area contributed by atoms with Crippen molar-refractivity contribution in [1.82, 2.24) is 19.7 Å². The highest BCUT2D eigenvalue weighted by Crippen LogP contribution is 2.35. The van der Waals surface area contributed by atoms with Gasteiger partial charge in [-0.1, -0.05) is 30.3 Å². The Morgan fingerprint density at radius 1 is 0.978 bits per heavy atom. The minimum absolute atomic E-state index is 0.0663. The van der Waals surface area contributed by atoms with Gasteiger partial charge in [0.25, 0.3) is 11.5 Å². The largest absolute Gasteiger partial charge is 0.336 e. The molecule has 2 aromatic carbocycles. The summed E-state index contributed by atoms with van der Waals surface area (Å²) in [5, 5.41) is 17.4. The minimum atomic E-state index is -0.622. The summed E-state index contributed by atoms with van der Waals surface area (Å²) in [6.45, 7) is 8.46. The van der Waals surface area contributed by atoms with Crippen molar-refractivity contribution in [1.29, 1.82) is 5.26 Å². The zero-order chi connectivity index (χ0) is 31.9. The van der Waals surface area contributed by atoms with E-state index in [1.807, 2.05) is 74.3 Å². The second-order valence-electron chi connectivity index (χ2n) is 12.8. The molecule has 0 bridgehead atoms. The van der Waals surface area contributed by atoms with Crippen LogP contribution in [0.3, 0.4) is 0 Å². The Labute approximate surface area is 264 Å². The number of pyridine rings is 1. The lowest BCUT2D eigenvalue weighted by Crippen LogP contribution is -2.38. The maximum Gasteiger partial charge on any atom is 0.290 e. The average molecular weight is 602 g/mol. The molecule has 6 rings (SSSR count). The molecule has 0 saturated carbocycles. The summed E-state index contributed by atoms with van der Waals surface area (Å²) in [6.07, 6.45) is 4.84. The first-order chi connectivity index (χ1) is 21.6. The van der Waals surface area contributed by atoms with E-state index < -0.39 is 5.41 Å². The number of nitriles is 1. The first kappa shape index (κ1) is 30.2. The fourth-order valence-electron chi connectivity index (χ4n) is 6.40. The zero-order valence-electron chi connectivity index (χ0n) is 26.6. The van der Waals surface area contributed by atoms with Crippen molar-refractivity contribution in [2.45, 2.75) is 51.4 Å². The molecule has 1 N–H and O–H groups in total. The number of benzene rings is 2. The Morgan fingerprint density at radius 3 is 2.47 bits per heavy atom. The normalized spacial score (nSPS) is 15.9. The molecule has 1 amide bonds. The lowest BCUT2D eigenvalue weighted by Gasteiger charge is -2.31. The molecule has 9 nitrogen and oxygen atoms in total. The smallest absolute Gasteiger partial charge is 0.290 e. The lowest BCUT2D eigenvalue weighted by molar-refractivity contribution is 0.0980. The maximum absolute atomic E-state index is 13.7. The van der Waals surface area contributed by atoms with Crippen LogP contribution in [0.25, 0.3) is 11.3 Å². The number of carbonyl (C=O) groups is 1. The van der Waals surface area contributed by atoms with E-state index in [-0.39, 0.29) is 11.5 Å². The van der Waals surface area contributed by atoms with E-state index >= 15 is 0 Å². The van der Waals surface area contributed by atoms with E-state index in [1.165, 1.54) is 10.2 Å². The minimum Gasteiger partial charge on any atom is -0.336 e. The predicted molar refractivity (Wildman–Crippen MR) is 177 cm³/mol. The molecule has 2 aliphatic heterocycles. The molecule has 230 valence electrons. The van der Waals surface area contributed by atoms with Gasteiger partial charge in [0.2, 0.25) is 0 Å². The van der Waals surface area contributed by atoms with Crippen molar-refractivity contribution in [3.8, 4) is 17.3 Å². The van der Waals surface area contributed by atoms with Gasteiger partial charge in [-0.25, -0.2) is 9.67 Å². The van der Waals surface area contributed by atoms with Gasteiger partial charge in [-0.05, 0) is 113 Å². The molecule has 4 aromatic rings. The number of fused-ring (bicyclic) bond motifs is 1. The van der Waals surface area contributed by atoms with Crippen LogP contribution in [0.1, 0.15) is 65.2 Å². The predicted octanol–water partition coefficient (Wildman–Crippen LogP) is 5.71. The van der Waals surface area contributed by atoms with Crippen molar-refractivity contribution in [2.24, 2.45) is 7.05 Å². The van der Waals surface area contributed by atoms with Gasteiger partial charge in [0, 0.05) is 36.6 Å². The molecular formula is C36H39N7O2. The van der Waals surface area contributed by atoms with Gasteiger partial charge < -0.3 is 15.1 Å². The molecular weight excluding hydrogens is 562 g/mol. The van der Waals surface area contributed by atoms with Crippen LogP contribution in [0, 0.1) is 18.3 Å². The number of piperidine rings is 1. The number of likely N-dealkylation sites (tertiary alicyclic amines) is 1. The number of rotatable bonds is 6. The van der Waals surface area contributed by atoms with Crippen molar-refractivity contribution >= 4 is 23.1 Å². The highest BCUT2D eigenvalue weighted by atomic mass is 16.2.